The molecule has 10 heteroatoms. The first kappa shape index (κ1) is 23.1. The largest absolute Gasteiger partial charge is 0.463 e. The van der Waals surface area contributed by atoms with Crippen LogP contribution in [0.15, 0.2) is 25.3 Å². The van der Waals surface area contributed by atoms with Crippen LogP contribution < -0.4 is 0 Å². The summed E-state index contributed by atoms with van der Waals surface area (Å²) in [5, 5.41) is 0. The van der Waals surface area contributed by atoms with Crippen molar-refractivity contribution in [3.8, 4) is 0 Å². The Bertz CT molecular complexity index is 557. The molecule has 5 nitrogen and oxygen atoms in total. The van der Waals surface area contributed by atoms with E-state index >= 15 is 0 Å². The Morgan fingerprint density at radius 3 is 1.74 bits per heavy atom. The fourth-order valence-electron chi connectivity index (χ4n) is 3.29. The minimum Gasteiger partial charge on any atom is -0.463 e. The monoisotopic (exact) mass is 400 g/mol. The fraction of sp³-hybridized carbons (Fsp3) is 0.647. The predicted molar refractivity (Wildman–Crippen MR) is 84.0 cm³/mol. The molecule has 0 aromatic rings. The number of alkyl halides is 5. The Balaban J connectivity index is 3.14. The number of ether oxygens (including phenoxy) is 3. The van der Waals surface area contributed by atoms with Crippen LogP contribution in [0.3, 0.4) is 0 Å². The summed E-state index contributed by atoms with van der Waals surface area (Å²) in [5.74, 6) is -6.83. The van der Waals surface area contributed by atoms with Crippen LogP contribution in [0.5, 0.6) is 0 Å². The molecule has 1 fully saturated rings. The van der Waals surface area contributed by atoms with Crippen LogP contribution in [-0.2, 0) is 23.8 Å². The van der Waals surface area contributed by atoms with Gasteiger partial charge >= 0.3 is 24.0 Å². The molecule has 0 aromatic carbocycles. The molecule has 1 rings (SSSR count). The van der Waals surface area contributed by atoms with Crippen LogP contribution in [0.1, 0.15) is 26.2 Å². The van der Waals surface area contributed by atoms with Crippen molar-refractivity contribution in [3.05, 3.63) is 25.3 Å². The summed E-state index contributed by atoms with van der Waals surface area (Å²) in [5.41, 5.74) is -4.58. The number of esters is 2. The maximum absolute atomic E-state index is 14.3. The zero-order valence-electron chi connectivity index (χ0n) is 14.7. The summed E-state index contributed by atoms with van der Waals surface area (Å²) in [4.78, 5) is 22.3. The van der Waals surface area contributed by atoms with Gasteiger partial charge in [0.05, 0.1) is 19.8 Å². The zero-order valence-corrected chi connectivity index (χ0v) is 14.7. The molecule has 0 aliphatic carbocycles. The van der Waals surface area contributed by atoms with E-state index < -0.39 is 61.3 Å². The molecular weight excluding hydrogens is 379 g/mol. The van der Waals surface area contributed by atoms with E-state index in [0.717, 1.165) is 19.1 Å². The third-order valence-electron chi connectivity index (χ3n) is 4.80. The fourth-order valence-corrected chi connectivity index (χ4v) is 3.29. The van der Waals surface area contributed by atoms with Gasteiger partial charge in [-0.3, -0.25) is 0 Å². The second kappa shape index (κ2) is 8.37. The lowest BCUT2D eigenvalue weighted by molar-refractivity contribution is -0.425. The SMILES string of the molecule is C=CC(=O)OCCC1(CCOC(=O)C=C)COC1(CC)C(F)(F)C(F)(F)F. The number of halogens is 5. The molecule has 1 atom stereocenters. The topological polar surface area (TPSA) is 61.8 Å². The molecule has 0 saturated carbocycles. The van der Waals surface area contributed by atoms with Crippen LogP contribution in [-0.4, -0.2) is 49.5 Å². The van der Waals surface area contributed by atoms with Crippen molar-refractivity contribution < 1.29 is 45.8 Å². The van der Waals surface area contributed by atoms with Crippen molar-refractivity contribution in [2.24, 2.45) is 5.41 Å². The number of hydrogen-bond donors (Lipinski definition) is 0. The van der Waals surface area contributed by atoms with Gasteiger partial charge in [-0.1, -0.05) is 20.1 Å². The van der Waals surface area contributed by atoms with E-state index in [4.69, 9.17) is 14.2 Å². The average molecular weight is 400 g/mol. The van der Waals surface area contributed by atoms with Gasteiger partial charge in [0.15, 0.2) is 0 Å². The van der Waals surface area contributed by atoms with Crippen molar-refractivity contribution >= 4 is 11.9 Å². The van der Waals surface area contributed by atoms with Crippen molar-refractivity contribution in [1.29, 1.82) is 0 Å². The summed E-state index contributed by atoms with van der Waals surface area (Å²) >= 11 is 0. The highest BCUT2D eigenvalue weighted by molar-refractivity contribution is 5.81. The molecular formula is C17H21F5O5. The quantitative estimate of drug-likeness (QED) is 0.319. The van der Waals surface area contributed by atoms with E-state index in [0.29, 0.717) is 0 Å². The number of hydrogen-bond acceptors (Lipinski definition) is 5. The Kier molecular flexibility index (Phi) is 7.15. The van der Waals surface area contributed by atoms with Gasteiger partial charge in [0, 0.05) is 17.6 Å². The minimum absolute atomic E-state index is 0.336. The molecule has 0 amide bonds. The molecule has 0 radical (unpaired) electrons. The molecule has 0 spiro atoms. The van der Waals surface area contributed by atoms with Gasteiger partial charge in [-0.25, -0.2) is 9.59 Å². The van der Waals surface area contributed by atoms with Gasteiger partial charge < -0.3 is 14.2 Å². The molecule has 1 saturated heterocycles. The van der Waals surface area contributed by atoms with Crippen molar-refractivity contribution in [2.75, 3.05) is 19.8 Å². The average Bonchev–Trinajstić information content (AvgIpc) is 2.58. The first-order valence-corrected chi connectivity index (χ1v) is 8.10. The maximum Gasteiger partial charge on any atom is 0.456 e. The van der Waals surface area contributed by atoms with E-state index in [-0.39, 0.29) is 12.8 Å². The minimum atomic E-state index is -5.84. The highest BCUT2D eigenvalue weighted by atomic mass is 19.4. The van der Waals surface area contributed by atoms with Crippen LogP contribution in [0.25, 0.3) is 0 Å². The second-order valence-electron chi connectivity index (χ2n) is 6.06. The van der Waals surface area contributed by atoms with Crippen molar-refractivity contribution in [1.82, 2.24) is 0 Å². The highest BCUT2D eigenvalue weighted by Gasteiger charge is 2.80. The molecule has 1 aliphatic heterocycles. The van der Waals surface area contributed by atoms with Crippen LogP contribution >= 0.6 is 0 Å². The predicted octanol–water partition coefficient (Wildman–Crippen LogP) is 3.59. The molecule has 154 valence electrons. The maximum atomic E-state index is 14.3. The van der Waals surface area contributed by atoms with E-state index in [9.17, 15) is 31.5 Å². The normalized spacial score (nSPS) is 21.7. The van der Waals surface area contributed by atoms with Gasteiger partial charge in [-0.15, -0.1) is 0 Å². The van der Waals surface area contributed by atoms with Gasteiger partial charge in [-0.2, -0.15) is 22.0 Å². The van der Waals surface area contributed by atoms with Gasteiger partial charge in [0.1, 0.15) is 5.60 Å². The Morgan fingerprint density at radius 2 is 1.48 bits per heavy atom. The molecule has 1 heterocycles. The van der Waals surface area contributed by atoms with Crippen molar-refractivity contribution in [2.45, 2.75) is 43.9 Å². The first-order valence-electron chi connectivity index (χ1n) is 8.10. The van der Waals surface area contributed by atoms with Crippen molar-refractivity contribution in [3.63, 3.8) is 0 Å². The molecule has 0 aromatic heterocycles. The summed E-state index contributed by atoms with van der Waals surface area (Å²) in [6, 6.07) is 0. The second-order valence-corrected chi connectivity index (χ2v) is 6.06. The van der Waals surface area contributed by atoms with Gasteiger partial charge in [-0.05, 0) is 19.3 Å². The number of rotatable bonds is 10. The smallest absolute Gasteiger partial charge is 0.456 e. The molecule has 1 unspecified atom stereocenters. The lowest BCUT2D eigenvalue weighted by Gasteiger charge is -2.61. The Morgan fingerprint density at radius 1 is 1.04 bits per heavy atom. The van der Waals surface area contributed by atoms with E-state index in [1.165, 1.54) is 0 Å². The summed E-state index contributed by atoms with van der Waals surface area (Å²) in [7, 11) is 0. The van der Waals surface area contributed by atoms with E-state index in [2.05, 4.69) is 13.2 Å². The third kappa shape index (κ3) is 4.15. The highest BCUT2D eigenvalue weighted by Crippen LogP contribution is 2.62. The first-order chi connectivity index (χ1) is 12.4. The zero-order chi connectivity index (χ0) is 20.9. The third-order valence-corrected chi connectivity index (χ3v) is 4.80. The lowest BCUT2D eigenvalue weighted by atomic mass is 9.59. The van der Waals surface area contributed by atoms with Crippen LogP contribution in [0.4, 0.5) is 22.0 Å². The molecule has 1 aliphatic rings. The van der Waals surface area contributed by atoms with E-state index in [1.54, 1.807) is 0 Å². The summed E-state index contributed by atoms with van der Waals surface area (Å²) in [6.45, 7) is 6.23. The number of carbonyl (C=O) groups is 2. The Labute approximate surface area is 153 Å². The Hall–Kier alpha value is -1.97. The molecule has 0 bridgehead atoms. The van der Waals surface area contributed by atoms with Crippen LogP contribution in [0.2, 0.25) is 0 Å². The van der Waals surface area contributed by atoms with Gasteiger partial charge in [0.25, 0.3) is 0 Å². The lowest BCUT2D eigenvalue weighted by Crippen LogP contribution is -2.75. The van der Waals surface area contributed by atoms with Gasteiger partial charge in [0.2, 0.25) is 0 Å². The summed E-state index contributed by atoms with van der Waals surface area (Å²) < 4.78 is 82.2. The van der Waals surface area contributed by atoms with E-state index in [1.807, 2.05) is 0 Å². The molecule has 0 N–H and O–H groups in total. The van der Waals surface area contributed by atoms with Crippen LogP contribution in [0, 0.1) is 5.41 Å². The molecule has 27 heavy (non-hydrogen) atoms. The number of carbonyl (C=O) groups excluding carboxylic acids is 2. The standard InChI is InChI=1S/C17H21F5O5/c1-4-12(23)25-9-7-14(8-10-26-13(24)5-2)11-27-15(14,6-3)16(18,19)17(20,21)22/h4-5H,1-2,6-11H2,3H3. The summed E-state index contributed by atoms with van der Waals surface area (Å²) in [6.07, 6.45) is -5.48.